The summed E-state index contributed by atoms with van der Waals surface area (Å²) in [5.41, 5.74) is 3.31. The third-order valence-electron chi connectivity index (χ3n) is 10.9. The standard InChI is InChI=1S/C27H36N2O3/c30-21-4-3-18-15-22-26-8-5-20(29(12-9-26)19-6-13-31-14-7-19)25-27(26,23(18)24(21)32-25)10-11-28(22)16-17-1-2-17/h3-4,17,19-20,22,25,30H,1-2,5-16H2/t20-,22-,25+,26-,27+/m1/s1. The lowest BCUT2D eigenvalue weighted by Crippen LogP contribution is -2.73. The van der Waals surface area contributed by atoms with Gasteiger partial charge in [-0.25, -0.2) is 0 Å². The molecule has 2 spiro atoms. The molecule has 2 saturated carbocycles. The lowest BCUT2D eigenvalue weighted by atomic mass is 9.42. The number of ether oxygens (including phenoxy) is 2. The van der Waals surface area contributed by atoms with E-state index in [0.29, 0.717) is 29.3 Å². The highest BCUT2D eigenvalue weighted by atomic mass is 16.5. The van der Waals surface area contributed by atoms with Crippen molar-refractivity contribution in [2.75, 3.05) is 32.8 Å². The Morgan fingerprint density at radius 3 is 2.72 bits per heavy atom. The summed E-state index contributed by atoms with van der Waals surface area (Å²) in [6, 6.07) is 5.89. The van der Waals surface area contributed by atoms with Gasteiger partial charge < -0.3 is 14.6 Å². The number of hydrogen-bond acceptors (Lipinski definition) is 5. The first-order valence-electron chi connectivity index (χ1n) is 13.3. The zero-order valence-corrected chi connectivity index (χ0v) is 19.1. The molecule has 172 valence electrons. The first-order valence-corrected chi connectivity index (χ1v) is 13.3. The van der Waals surface area contributed by atoms with Gasteiger partial charge in [0.15, 0.2) is 11.5 Å². The number of benzene rings is 1. The minimum Gasteiger partial charge on any atom is -0.504 e. The summed E-state index contributed by atoms with van der Waals surface area (Å²) < 4.78 is 12.7. The van der Waals surface area contributed by atoms with Crippen molar-refractivity contribution in [2.45, 2.75) is 87.4 Å². The molecule has 5 aliphatic heterocycles. The number of hydrogen-bond donors (Lipinski definition) is 1. The monoisotopic (exact) mass is 436 g/mol. The summed E-state index contributed by atoms with van der Waals surface area (Å²) in [6.45, 7) is 5.54. The molecule has 4 saturated heterocycles. The second-order valence-corrected chi connectivity index (χ2v) is 12.0. The Hall–Kier alpha value is -1.30. The molecule has 1 aromatic rings. The van der Waals surface area contributed by atoms with Crippen molar-refractivity contribution >= 4 is 0 Å². The molecule has 1 N–H and O–H groups in total. The van der Waals surface area contributed by atoms with E-state index in [0.717, 1.165) is 44.1 Å². The minimum absolute atomic E-state index is 0.0994. The lowest BCUT2D eigenvalue weighted by molar-refractivity contribution is -0.133. The van der Waals surface area contributed by atoms with Crippen molar-refractivity contribution in [2.24, 2.45) is 11.3 Å². The topological polar surface area (TPSA) is 45.2 Å². The molecular formula is C27H36N2O3. The molecule has 9 rings (SSSR count). The fraction of sp³-hybridized carbons (Fsp3) is 0.778. The number of rotatable bonds is 3. The molecule has 8 aliphatic rings. The third-order valence-corrected chi connectivity index (χ3v) is 10.9. The maximum absolute atomic E-state index is 10.9. The van der Waals surface area contributed by atoms with Gasteiger partial charge in [0.25, 0.3) is 0 Å². The summed E-state index contributed by atoms with van der Waals surface area (Å²) in [5, 5.41) is 10.9. The molecule has 3 aliphatic carbocycles. The van der Waals surface area contributed by atoms with Crippen LogP contribution in [0.3, 0.4) is 0 Å². The van der Waals surface area contributed by atoms with Crippen molar-refractivity contribution in [1.82, 2.24) is 9.80 Å². The Morgan fingerprint density at radius 2 is 1.88 bits per heavy atom. The molecule has 4 bridgehead atoms. The second kappa shape index (κ2) is 6.43. The van der Waals surface area contributed by atoms with Crippen LogP contribution in [-0.2, 0) is 16.6 Å². The number of phenolic OH excluding ortho intramolecular Hbond substituents is 1. The van der Waals surface area contributed by atoms with Crippen molar-refractivity contribution in [1.29, 1.82) is 0 Å². The number of fused-ring (bicyclic) bond motifs is 3. The van der Waals surface area contributed by atoms with Crippen LogP contribution in [0.5, 0.6) is 11.5 Å². The first kappa shape index (κ1) is 19.1. The van der Waals surface area contributed by atoms with Crippen LogP contribution in [0, 0.1) is 11.3 Å². The maximum Gasteiger partial charge on any atom is 0.165 e. The smallest absolute Gasteiger partial charge is 0.165 e. The quantitative estimate of drug-likeness (QED) is 0.786. The summed E-state index contributed by atoms with van der Waals surface area (Å²) in [5.74, 6) is 2.16. The van der Waals surface area contributed by atoms with Crippen molar-refractivity contribution in [3.63, 3.8) is 0 Å². The fourth-order valence-electron chi connectivity index (χ4n) is 9.49. The van der Waals surface area contributed by atoms with Crippen molar-refractivity contribution < 1.29 is 14.6 Å². The highest BCUT2D eigenvalue weighted by molar-refractivity contribution is 5.62. The van der Waals surface area contributed by atoms with Gasteiger partial charge in [0.2, 0.25) is 0 Å². The first-order chi connectivity index (χ1) is 15.7. The van der Waals surface area contributed by atoms with E-state index in [1.54, 1.807) is 0 Å². The van der Waals surface area contributed by atoms with Crippen LogP contribution in [0.25, 0.3) is 0 Å². The normalized spacial score (nSPS) is 43.1. The highest BCUT2D eigenvalue weighted by Gasteiger charge is 2.74. The van der Waals surface area contributed by atoms with E-state index in [4.69, 9.17) is 9.47 Å². The third kappa shape index (κ3) is 2.22. The Labute approximate surface area is 191 Å². The van der Waals surface area contributed by atoms with Gasteiger partial charge in [-0.15, -0.1) is 0 Å². The summed E-state index contributed by atoms with van der Waals surface area (Å²) in [7, 11) is 0. The predicted octanol–water partition coefficient (Wildman–Crippen LogP) is 3.46. The Bertz CT molecular complexity index is 956. The fourth-order valence-corrected chi connectivity index (χ4v) is 9.49. The van der Waals surface area contributed by atoms with Gasteiger partial charge in [0.05, 0.1) is 0 Å². The maximum atomic E-state index is 10.9. The molecule has 5 atom stereocenters. The van der Waals surface area contributed by atoms with E-state index in [9.17, 15) is 5.11 Å². The lowest BCUT2D eigenvalue weighted by Gasteiger charge is -2.66. The molecule has 1 aromatic carbocycles. The van der Waals surface area contributed by atoms with Gasteiger partial charge in [0, 0.05) is 54.3 Å². The van der Waals surface area contributed by atoms with Crippen LogP contribution in [0.1, 0.15) is 62.5 Å². The molecule has 0 radical (unpaired) electrons. The molecule has 5 heteroatoms. The van der Waals surface area contributed by atoms with Crippen LogP contribution in [0.4, 0.5) is 0 Å². The van der Waals surface area contributed by atoms with Crippen LogP contribution in [0.2, 0.25) is 0 Å². The Balaban J connectivity index is 1.30. The van der Waals surface area contributed by atoms with Crippen molar-refractivity contribution in [3.05, 3.63) is 23.3 Å². The minimum atomic E-state index is 0.0994. The summed E-state index contributed by atoms with van der Waals surface area (Å²) in [6.07, 6.45) is 11.6. The number of phenols is 1. The largest absolute Gasteiger partial charge is 0.504 e. The summed E-state index contributed by atoms with van der Waals surface area (Å²) >= 11 is 0. The number of aromatic hydroxyl groups is 1. The molecule has 5 nitrogen and oxygen atoms in total. The molecule has 32 heavy (non-hydrogen) atoms. The highest BCUT2D eigenvalue weighted by Crippen LogP contribution is 2.71. The predicted molar refractivity (Wildman–Crippen MR) is 121 cm³/mol. The van der Waals surface area contributed by atoms with Gasteiger partial charge >= 0.3 is 0 Å². The van der Waals surface area contributed by atoms with Crippen LogP contribution >= 0.6 is 0 Å². The van der Waals surface area contributed by atoms with E-state index in [1.807, 2.05) is 6.07 Å². The van der Waals surface area contributed by atoms with Gasteiger partial charge in [-0.3, -0.25) is 9.80 Å². The zero-order chi connectivity index (χ0) is 21.1. The van der Waals surface area contributed by atoms with Gasteiger partial charge in [-0.1, -0.05) is 6.07 Å². The molecule has 0 amide bonds. The van der Waals surface area contributed by atoms with Crippen LogP contribution in [0.15, 0.2) is 12.1 Å². The molecule has 5 heterocycles. The molecular weight excluding hydrogens is 400 g/mol. The van der Waals surface area contributed by atoms with Crippen molar-refractivity contribution in [3.8, 4) is 11.5 Å². The number of piperidine rings is 1. The van der Waals surface area contributed by atoms with Crippen LogP contribution < -0.4 is 4.74 Å². The molecule has 0 unspecified atom stereocenters. The van der Waals surface area contributed by atoms with Crippen LogP contribution in [-0.4, -0.2) is 72.0 Å². The Kier molecular flexibility index (Phi) is 3.83. The SMILES string of the molecule is Oc1ccc2c3c1O[C@H]1[C@H]4CC[C@@]5(CCN4C4CCOCC4)[C@@H](C2)N(CC2CC2)CC[C@]315. The number of nitrogens with zero attached hydrogens (tertiary/aromatic N) is 2. The second-order valence-electron chi connectivity index (χ2n) is 12.0. The van der Waals surface area contributed by atoms with Gasteiger partial charge in [-0.05, 0) is 88.4 Å². The average Bonchev–Trinajstić information content (AvgIpc) is 3.60. The van der Waals surface area contributed by atoms with E-state index >= 15 is 0 Å². The van der Waals surface area contributed by atoms with E-state index < -0.39 is 0 Å². The van der Waals surface area contributed by atoms with E-state index in [-0.39, 0.29) is 11.5 Å². The molecule has 6 fully saturated rings. The molecule has 0 aromatic heterocycles. The van der Waals surface area contributed by atoms with Gasteiger partial charge in [-0.2, -0.15) is 0 Å². The number of likely N-dealkylation sites (tertiary alicyclic amines) is 1. The van der Waals surface area contributed by atoms with E-state index in [1.165, 1.54) is 69.3 Å². The Morgan fingerprint density at radius 1 is 1.00 bits per heavy atom. The van der Waals surface area contributed by atoms with Gasteiger partial charge in [0.1, 0.15) is 6.10 Å². The average molecular weight is 437 g/mol. The van der Waals surface area contributed by atoms with E-state index in [2.05, 4.69) is 15.9 Å². The zero-order valence-electron chi connectivity index (χ0n) is 19.1. The summed E-state index contributed by atoms with van der Waals surface area (Å²) in [4.78, 5) is 5.77.